The fourth-order valence-corrected chi connectivity index (χ4v) is 5.33. The van der Waals surface area contributed by atoms with Crippen molar-refractivity contribution in [2.45, 2.75) is 17.2 Å². The van der Waals surface area contributed by atoms with Crippen LogP contribution in [0.1, 0.15) is 18.5 Å². The number of hydrogen-bond acceptors (Lipinski definition) is 3. The van der Waals surface area contributed by atoms with Crippen LogP contribution in [0.2, 0.25) is 0 Å². The monoisotopic (exact) mass is 377 g/mol. The highest BCUT2D eigenvalue weighted by atomic mass is 79.9. The summed E-state index contributed by atoms with van der Waals surface area (Å²) in [6.07, 6.45) is 0. The molecule has 0 radical (unpaired) electrons. The Bertz CT molecular complexity index is 715. The van der Waals surface area contributed by atoms with Crippen LogP contribution in [0.3, 0.4) is 0 Å². The summed E-state index contributed by atoms with van der Waals surface area (Å²) in [4.78, 5) is 0. The van der Waals surface area contributed by atoms with Gasteiger partial charge in [0.15, 0.2) is 0 Å². The lowest BCUT2D eigenvalue weighted by Crippen LogP contribution is -2.29. The molecular weight excluding hydrogens is 365 g/mol. The summed E-state index contributed by atoms with van der Waals surface area (Å²) >= 11 is 4.38. The first-order valence-corrected chi connectivity index (χ1v) is 8.87. The van der Waals surface area contributed by atoms with Crippen molar-refractivity contribution in [3.63, 3.8) is 0 Å². The van der Waals surface area contributed by atoms with Crippen LogP contribution in [0.25, 0.3) is 0 Å². The average Bonchev–Trinajstić information content (AvgIpc) is 2.85. The molecule has 0 aliphatic carbocycles. The quantitative estimate of drug-likeness (QED) is 0.806. The van der Waals surface area contributed by atoms with Gasteiger partial charge in [-0.1, -0.05) is 18.2 Å². The van der Waals surface area contributed by atoms with Crippen LogP contribution >= 0.6 is 27.3 Å². The van der Waals surface area contributed by atoms with E-state index in [0.29, 0.717) is 5.56 Å². The average molecular weight is 378 g/mol. The largest absolute Gasteiger partial charge is 0.252 e. The molecule has 1 aromatic heterocycles. The zero-order chi connectivity index (χ0) is 14.9. The van der Waals surface area contributed by atoms with Crippen molar-refractivity contribution in [1.29, 1.82) is 0 Å². The molecule has 1 aromatic carbocycles. The minimum atomic E-state index is -3.63. The van der Waals surface area contributed by atoms with Crippen LogP contribution in [0.5, 0.6) is 0 Å². The maximum atomic E-state index is 13.8. The van der Waals surface area contributed by atoms with Crippen LogP contribution in [0, 0.1) is 5.82 Å². The Labute approximate surface area is 130 Å². The van der Waals surface area contributed by atoms with Crippen molar-refractivity contribution in [2.75, 3.05) is 7.05 Å². The maximum Gasteiger partial charge on any atom is 0.252 e. The van der Waals surface area contributed by atoms with Gasteiger partial charge in [0.25, 0.3) is 10.0 Å². The van der Waals surface area contributed by atoms with E-state index in [1.807, 2.05) is 0 Å². The van der Waals surface area contributed by atoms with Crippen LogP contribution < -0.4 is 0 Å². The second-order valence-corrected chi connectivity index (χ2v) is 8.96. The first-order valence-electron chi connectivity index (χ1n) is 5.82. The molecule has 0 amide bonds. The van der Waals surface area contributed by atoms with Crippen molar-refractivity contribution in [3.8, 4) is 0 Å². The zero-order valence-electron chi connectivity index (χ0n) is 10.9. The van der Waals surface area contributed by atoms with E-state index in [9.17, 15) is 12.8 Å². The maximum absolute atomic E-state index is 13.8. The Hall–Kier alpha value is -0.760. The van der Waals surface area contributed by atoms with Crippen molar-refractivity contribution >= 4 is 37.3 Å². The molecule has 0 N–H and O–H groups in total. The molecule has 0 saturated heterocycles. The van der Waals surface area contributed by atoms with Crippen molar-refractivity contribution in [1.82, 2.24) is 4.31 Å². The van der Waals surface area contributed by atoms with E-state index < -0.39 is 21.9 Å². The molecule has 2 rings (SSSR count). The Morgan fingerprint density at radius 1 is 1.25 bits per heavy atom. The smallest absolute Gasteiger partial charge is 0.207 e. The Morgan fingerprint density at radius 3 is 2.45 bits per heavy atom. The van der Waals surface area contributed by atoms with Crippen molar-refractivity contribution in [2.24, 2.45) is 0 Å². The summed E-state index contributed by atoms with van der Waals surface area (Å²) in [7, 11) is -2.17. The summed E-state index contributed by atoms with van der Waals surface area (Å²) in [6, 6.07) is 8.83. The predicted molar refractivity (Wildman–Crippen MR) is 81.8 cm³/mol. The third-order valence-electron chi connectivity index (χ3n) is 3.08. The topological polar surface area (TPSA) is 37.4 Å². The number of nitrogens with zero attached hydrogens (tertiary/aromatic N) is 1. The summed E-state index contributed by atoms with van der Waals surface area (Å²) in [5, 5.41) is 0. The lowest BCUT2D eigenvalue weighted by molar-refractivity contribution is 0.388. The van der Waals surface area contributed by atoms with Gasteiger partial charge in [0.2, 0.25) is 0 Å². The van der Waals surface area contributed by atoms with E-state index in [1.54, 1.807) is 31.2 Å². The van der Waals surface area contributed by atoms with E-state index in [0.717, 1.165) is 15.1 Å². The van der Waals surface area contributed by atoms with Gasteiger partial charge in [0.05, 0.1) is 3.79 Å². The first kappa shape index (κ1) is 15.6. The van der Waals surface area contributed by atoms with E-state index in [1.165, 1.54) is 23.5 Å². The second kappa shape index (κ2) is 5.93. The Morgan fingerprint density at radius 2 is 1.90 bits per heavy atom. The SMILES string of the molecule is CC(c1ccccc1F)N(C)S(=O)(=O)c1ccc(Br)s1. The van der Waals surface area contributed by atoms with Gasteiger partial charge < -0.3 is 0 Å². The Balaban J connectivity index is 2.36. The molecule has 1 heterocycles. The Kier molecular flexibility index (Phi) is 4.63. The fraction of sp³-hybridized carbons (Fsp3) is 0.231. The predicted octanol–water partition coefficient (Wildman–Crippen LogP) is 4.03. The first-order chi connectivity index (χ1) is 9.34. The third-order valence-corrected chi connectivity index (χ3v) is 7.10. The van der Waals surface area contributed by atoms with E-state index >= 15 is 0 Å². The van der Waals surface area contributed by atoms with Gasteiger partial charge in [-0.15, -0.1) is 11.3 Å². The lowest BCUT2D eigenvalue weighted by atomic mass is 10.1. The van der Waals surface area contributed by atoms with Gasteiger partial charge in [0.1, 0.15) is 10.0 Å². The van der Waals surface area contributed by atoms with Gasteiger partial charge >= 0.3 is 0 Å². The van der Waals surface area contributed by atoms with Crippen LogP contribution in [-0.2, 0) is 10.0 Å². The molecule has 0 aliphatic heterocycles. The van der Waals surface area contributed by atoms with Gasteiger partial charge in [0, 0.05) is 18.7 Å². The van der Waals surface area contributed by atoms with Gasteiger partial charge in [-0.2, -0.15) is 4.31 Å². The molecule has 0 spiro atoms. The normalized spacial score (nSPS) is 13.7. The molecule has 0 saturated carbocycles. The lowest BCUT2D eigenvalue weighted by Gasteiger charge is -2.24. The van der Waals surface area contributed by atoms with E-state index in [-0.39, 0.29) is 4.21 Å². The standard InChI is InChI=1S/C13H13BrFNO2S2/c1-9(10-5-3-4-6-11(10)15)16(2)20(17,18)13-8-7-12(14)19-13/h3-9H,1-2H3. The molecular formula is C13H13BrFNO2S2. The third kappa shape index (κ3) is 2.95. The molecule has 3 nitrogen and oxygen atoms in total. The number of rotatable bonds is 4. The minimum Gasteiger partial charge on any atom is -0.207 e. The fourth-order valence-electron chi connectivity index (χ4n) is 1.80. The summed E-state index contributed by atoms with van der Waals surface area (Å²) in [6.45, 7) is 1.67. The number of benzene rings is 1. The van der Waals surface area contributed by atoms with E-state index in [2.05, 4.69) is 15.9 Å². The zero-order valence-corrected chi connectivity index (χ0v) is 14.1. The van der Waals surface area contributed by atoms with Crippen molar-refractivity contribution in [3.05, 3.63) is 51.6 Å². The molecule has 108 valence electrons. The van der Waals surface area contributed by atoms with Crippen LogP contribution in [-0.4, -0.2) is 19.8 Å². The van der Waals surface area contributed by atoms with Crippen molar-refractivity contribution < 1.29 is 12.8 Å². The molecule has 20 heavy (non-hydrogen) atoms. The molecule has 2 aromatic rings. The van der Waals surface area contributed by atoms with Gasteiger partial charge in [-0.05, 0) is 41.1 Å². The molecule has 0 aliphatic rings. The van der Waals surface area contributed by atoms with Gasteiger partial charge in [-0.25, -0.2) is 12.8 Å². The summed E-state index contributed by atoms with van der Waals surface area (Å²) in [5.41, 5.74) is 0.356. The number of halogens is 2. The highest BCUT2D eigenvalue weighted by Crippen LogP contribution is 2.32. The summed E-state index contributed by atoms with van der Waals surface area (Å²) < 4.78 is 40.9. The molecule has 1 unspecified atom stereocenters. The molecule has 0 bridgehead atoms. The van der Waals surface area contributed by atoms with Gasteiger partial charge in [-0.3, -0.25) is 0 Å². The molecule has 0 fully saturated rings. The number of thiophene rings is 1. The number of hydrogen-bond donors (Lipinski definition) is 0. The molecule has 7 heteroatoms. The highest BCUT2D eigenvalue weighted by molar-refractivity contribution is 9.11. The van der Waals surface area contributed by atoms with Crippen LogP contribution in [0.4, 0.5) is 4.39 Å². The van der Waals surface area contributed by atoms with E-state index in [4.69, 9.17) is 0 Å². The number of sulfonamides is 1. The highest BCUT2D eigenvalue weighted by Gasteiger charge is 2.28. The second-order valence-electron chi connectivity index (χ2n) is 4.28. The van der Waals surface area contributed by atoms with Crippen LogP contribution in [0.15, 0.2) is 44.4 Å². The minimum absolute atomic E-state index is 0.232. The molecule has 1 atom stereocenters. The summed E-state index contributed by atoms with van der Waals surface area (Å²) in [5.74, 6) is -0.408.